The first-order valence-corrected chi connectivity index (χ1v) is 6.18. The van der Waals surface area contributed by atoms with Crippen molar-refractivity contribution in [3.8, 4) is 5.75 Å². The largest absolute Gasteiger partial charge is 0.496 e. The first-order chi connectivity index (χ1) is 7.90. The second-order valence-corrected chi connectivity index (χ2v) is 4.49. The number of allylic oxidation sites excluding steroid dienone is 2. The summed E-state index contributed by atoms with van der Waals surface area (Å²) in [5, 5.41) is 0. The summed E-state index contributed by atoms with van der Waals surface area (Å²) in [6, 6.07) is 8.36. The third-order valence-corrected chi connectivity index (χ3v) is 3.28. The van der Waals surface area contributed by atoms with Gasteiger partial charge >= 0.3 is 0 Å². The molecule has 1 aliphatic carbocycles. The predicted molar refractivity (Wildman–Crippen MR) is 67.8 cm³/mol. The minimum absolute atomic E-state index is 0.693. The predicted octanol–water partition coefficient (Wildman–Crippen LogP) is 3.98. The van der Waals surface area contributed by atoms with E-state index in [-0.39, 0.29) is 0 Å². The molecule has 1 nitrogen and oxygen atoms in total. The summed E-state index contributed by atoms with van der Waals surface area (Å²) in [6.45, 7) is 0. The molecule has 0 saturated heterocycles. The van der Waals surface area contributed by atoms with Crippen molar-refractivity contribution in [1.82, 2.24) is 0 Å². The van der Waals surface area contributed by atoms with Crippen LogP contribution in [0.15, 0.2) is 36.4 Å². The molecule has 0 heterocycles. The maximum absolute atomic E-state index is 5.39. The van der Waals surface area contributed by atoms with Gasteiger partial charge in [0.2, 0.25) is 0 Å². The van der Waals surface area contributed by atoms with Gasteiger partial charge in [-0.15, -0.1) is 0 Å². The number of hydrogen-bond acceptors (Lipinski definition) is 1. The zero-order chi connectivity index (χ0) is 11.2. The van der Waals surface area contributed by atoms with Crippen LogP contribution in [-0.2, 0) is 6.42 Å². The molecule has 0 radical (unpaired) electrons. The van der Waals surface area contributed by atoms with Crippen LogP contribution in [0.4, 0.5) is 0 Å². The third-order valence-electron chi connectivity index (χ3n) is 3.28. The van der Waals surface area contributed by atoms with Gasteiger partial charge in [-0.05, 0) is 43.2 Å². The average molecular weight is 216 g/mol. The van der Waals surface area contributed by atoms with Gasteiger partial charge in [0.25, 0.3) is 0 Å². The molecule has 0 aromatic heterocycles. The molecule has 1 aromatic carbocycles. The van der Waals surface area contributed by atoms with E-state index in [4.69, 9.17) is 4.74 Å². The van der Waals surface area contributed by atoms with Gasteiger partial charge in [-0.1, -0.05) is 36.8 Å². The number of rotatable bonds is 3. The van der Waals surface area contributed by atoms with Gasteiger partial charge in [-0.25, -0.2) is 0 Å². The van der Waals surface area contributed by atoms with Crippen molar-refractivity contribution in [2.75, 3.05) is 7.11 Å². The van der Waals surface area contributed by atoms with Crippen molar-refractivity contribution < 1.29 is 4.74 Å². The lowest BCUT2D eigenvalue weighted by atomic mass is 9.95. The second kappa shape index (κ2) is 5.74. The van der Waals surface area contributed by atoms with E-state index in [9.17, 15) is 0 Å². The van der Waals surface area contributed by atoms with Gasteiger partial charge in [0.1, 0.15) is 5.75 Å². The average Bonchev–Trinajstić information content (AvgIpc) is 2.58. The number of ether oxygens (including phenoxy) is 1. The first kappa shape index (κ1) is 11.3. The summed E-state index contributed by atoms with van der Waals surface area (Å²) >= 11 is 0. The minimum atomic E-state index is 0.693. The highest BCUT2D eigenvalue weighted by Gasteiger charge is 2.11. The SMILES string of the molecule is COc1ccccc1C[C@H]1C=CCCCC1. The van der Waals surface area contributed by atoms with E-state index in [1.807, 2.05) is 6.07 Å². The molecule has 0 bridgehead atoms. The van der Waals surface area contributed by atoms with E-state index < -0.39 is 0 Å². The van der Waals surface area contributed by atoms with Crippen molar-refractivity contribution in [3.05, 3.63) is 42.0 Å². The van der Waals surface area contributed by atoms with Gasteiger partial charge in [0.15, 0.2) is 0 Å². The van der Waals surface area contributed by atoms with Gasteiger partial charge in [-0.2, -0.15) is 0 Å². The standard InChI is InChI=1S/C15H20O/c1-16-15-11-7-6-10-14(15)12-13-8-4-2-3-5-9-13/h4,6-8,10-11,13H,2-3,5,9,12H2,1H3/t13-/m0/s1. The second-order valence-electron chi connectivity index (χ2n) is 4.49. The lowest BCUT2D eigenvalue weighted by Crippen LogP contribution is -2.02. The molecule has 16 heavy (non-hydrogen) atoms. The summed E-state index contributed by atoms with van der Waals surface area (Å²) < 4.78 is 5.39. The summed E-state index contributed by atoms with van der Waals surface area (Å²) in [6.07, 6.45) is 11.1. The Labute approximate surface area is 98.1 Å². The monoisotopic (exact) mass is 216 g/mol. The maximum atomic E-state index is 5.39. The van der Waals surface area contributed by atoms with Crippen LogP contribution in [0.5, 0.6) is 5.75 Å². The number of para-hydroxylation sites is 1. The van der Waals surface area contributed by atoms with Crippen molar-refractivity contribution in [3.63, 3.8) is 0 Å². The smallest absolute Gasteiger partial charge is 0.122 e. The van der Waals surface area contributed by atoms with Crippen LogP contribution in [0.1, 0.15) is 31.2 Å². The van der Waals surface area contributed by atoms with Crippen LogP contribution in [-0.4, -0.2) is 7.11 Å². The molecule has 0 N–H and O–H groups in total. The molecule has 86 valence electrons. The lowest BCUT2D eigenvalue weighted by molar-refractivity contribution is 0.406. The molecule has 0 spiro atoms. The van der Waals surface area contributed by atoms with Crippen LogP contribution in [0.3, 0.4) is 0 Å². The van der Waals surface area contributed by atoms with Crippen molar-refractivity contribution in [2.24, 2.45) is 5.92 Å². The summed E-state index contributed by atoms with van der Waals surface area (Å²) in [5.74, 6) is 1.72. The highest BCUT2D eigenvalue weighted by atomic mass is 16.5. The Hall–Kier alpha value is -1.24. The van der Waals surface area contributed by atoms with Crippen molar-refractivity contribution >= 4 is 0 Å². The van der Waals surface area contributed by atoms with Gasteiger partial charge in [-0.3, -0.25) is 0 Å². The highest BCUT2D eigenvalue weighted by Crippen LogP contribution is 2.25. The molecule has 0 saturated carbocycles. The Bertz CT molecular complexity index is 354. The lowest BCUT2D eigenvalue weighted by Gasteiger charge is -2.13. The molecule has 1 aliphatic rings. The van der Waals surface area contributed by atoms with E-state index in [0.29, 0.717) is 5.92 Å². The topological polar surface area (TPSA) is 9.23 Å². The molecule has 1 heteroatoms. The Morgan fingerprint density at radius 1 is 1.25 bits per heavy atom. The maximum Gasteiger partial charge on any atom is 0.122 e. The zero-order valence-corrected chi connectivity index (χ0v) is 9.99. The van der Waals surface area contributed by atoms with E-state index >= 15 is 0 Å². The van der Waals surface area contributed by atoms with Crippen molar-refractivity contribution in [2.45, 2.75) is 32.1 Å². The Morgan fingerprint density at radius 2 is 2.12 bits per heavy atom. The summed E-state index contributed by atoms with van der Waals surface area (Å²) in [5.41, 5.74) is 1.33. The van der Waals surface area contributed by atoms with E-state index in [1.54, 1.807) is 7.11 Å². The molecule has 2 rings (SSSR count). The fourth-order valence-electron chi connectivity index (χ4n) is 2.38. The summed E-state index contributed by atoms with van der Waals surface area (Å²) in [7, 11) is 1.75. The van der Waals surface area contributed by atoms with E-state index in [0.717, 1.165) is 12.2 Å². The van der Waals surface area contributed by atoms with Crippen LogP contribution in [0, 0.1) is 5.92 Å². The van der Waals surface area contributed by atoms with E-state index in [2.05, 4.69) is 30.4 Å². The normalized spacial score (nSPS) is 20.4. The fraction of sp³-hybridized carbons (Fsp3) is 0.467. The Balaban J connectivity index is 2.07. The van der Waals surface area contributed by atoms with Gasteiger partial charge in [0, 0.05) is 0 Å². The highest BCUT2D eigenvalue weighted by molar-refractivity contribution is 5.33. The van der Waals surface area contributed by atoms with Crippen LogP contribution >= 0.6 is 0 Å². The Kier molecular flexibility index (Phi) is 4.03. The number of methoxy groups -OCH3 is 1. The number of hydrogen-bond donors (Lipinski definition) is 0. The van der Waals surface area contributed by atoms with Crippen LogP contribution in [0.2, 0.25) is 0 Å². The van der Waals surface area contributed by atoms with Crippen molar-refractivity contribution in [1.29, 1.82) is 0 Å². The number of benzene rings is 1. The molecular weight excluding hydrogens is 196 g/mol. The fourth-order valence-corrected chi connectivity index (χ4v) is 2.38. The van der Waals surface area contributed by atoms with E-state index in [1.165, 1.54) is 31.2 Å². The first-order valence-electron chi connectivity index (χ1n) is 6.18. The molecule has 0 aliphatic heterocycles. The minimum Gasteiger partial charge on any atom is -0.496 e. The zero-order valence-electron chi connectivity index (χ0n) is 9.99. The van der Waals surface area contributed by atoms with Gasteiger partial charge < -0.3 is 4.74 Å². The molecule has 1 atom stereocenters. The molecule has 0 unspecified atom stereocenters. The molecular formula is C15H20O. The Morgan fingerprint density at radius 3 is 3.00 bits per heavy atom. The van der Waals surface area contributed by atoms with Crippen LogP contribution < -0.4 is 4.74 Å². The molecule has 1 aromatic rings. The quantitative estimate of drug-likeness (QED) is 0.694. The third kappa shape index (κ3) is 2.88. The molecule has 0 fully saturated rings. The van der Waals surface area contributed by atoms with Crippen LogP contribution in [0.25, 0.3) is 0 Å². The van der Waals surface area contributed by atoms with Gasteiger partial charge in [0.05, 0.1) is 7.11 Å². The molecule has 0 amide bonds. The summed E-state index contributed by atoms with van der Waals surface area (Å²) in [4.78, 5) is 0.